The Morgan fingerprint density at radius 2 is 1.66 bits per heavy atom. The summed E-state index contributed by atoms with van der Waals surface area (Å²) in [4.78, 5) is 27.6. The molecule has 2 rings (SSSR count). The van der Waals surface area contributed by atoms with E-state index in [4.69, 9.17) is 11.6 Å². The first-order chi connectivity index (χ1) is 13.9. The Morgan fingerprint density at radius 3 is 2.24 bits per heavy atom. The molecule has 0 unspecified atom stereocenters. The van der Waals surface area contributed by atoms with Gasteiger partial charge in [-0.1, -0.05) is 61.8 Å². The first kappa shape index (κ1) is 22.9. The van der Waals surface area contributed by atoms with Crippen LogP contribution in [0.2, 0.25) is 5.02 Å². The maximum absolute atomic E-state index is 14.1. The number of rotatable bonds is 9. The average molecular weight is 419 g/mol. The number of amides is 2. The zero-order valence-electron chi connectivity index (χ0n) is 17.1. The minimum Gasteiger partial charge on any atom is -0.352 e. The van der Waals surface area contributed by atoms with E-state index in [1.165, 1.54) is 11.0 Å². The Labute approximate surface area is 177 Å². The van der Waals surface area contributed by atoms with Crippen LogP contribution in [-0.2, 0) is 22.6 Å². The second-order valence-corrected chi connectivity index (χ2v) is 7.53. The monoisotopic (exact) mass is 418 g/mol. The van der Waals surface area contributed by atoms with Crippen molar-refractivity contribution in [1.29, 1.82) is 0 Å². The van der Waals surface area contributed by atoms with Crippen LogP contribution in [0.5, 0.6) is 0 Å². The van der Waals surface area contributed by atoms with Crippen LogP contribution < -0.4 is 5.32 Å². The summed E-state index contributed by atoms with van der Waals surface area (Å²) in [6.45, 7) is 5.94. The molecular formula is C23H28ClFN2O2. The minimum absolute atomic E-state index is 0.000355. The van der Waals surface area contributed by atoms with E-state index in [1.807, 2.05) is 39.0 Å². The molecule has 156 valence electrons. The summed E-state index contributed by atoms with van der Waals surface area (Å²) >= 11 is 6.29. The quantitative estimate of drug-likeness (QED) is 0.639. The lowest BCUT2D eigenvalue weighted by Crippen LogP contribution is -2.51. The highest BCUT2D eigenvalue weighted by Crippen LogP contribution is 2.21. The number of nitrogens with one attached hydrogen (secondary N) is 1. The standard InChI is InChI=1S/C23H28ClFN2O2/c1-4-16(3)26-23(29)21(5-2)27(15-18-11-6-8-12-19(18)24)22(28)14-17-10-7-9-13-20(17)25/h6-13,16,21H,4-5,14-15H2,1-3H3,(H,26,29)/t16-,21-/m1/s1. The molecule has 0 aliphatic rings. The first-order valence-electron chi connectivity index (χ1n) is 9.94. The number of hydrogen-bond donors (Lipinski definition) is 1. The van der Waals surface area contributed by atoms with Crippen LogP contribution in [-0.4, -0.2) is 28.8 Å². The summed E-state index contributed by atoms with van der Waals surface area (Å²) in [7, 11) is 0. The van der Waals surface area contributed by atoms with Crippen molar-refractivity contribution in [3.63, 3.8) is 0 Å². The maximum atomic E-state index is 14.1. The summed E-state index contributed by atoms with van der Waals surface area (Å²) in [5, 5.41) is 3.47. The van der Waals surface area contributed by atoms with E-state index in [0.717, 1.165) is 12.0 Å². The van der Waals surface area contributed by atoms with Gasteiger partial charge in [-0.05, 0) is 43.0 Å². The highest BCUT2D eigenvalue weighted by molar-refractivity contribution is 6.31. The molecule has 0 spiro atoms. The number of carbonyl (C=O) groups excluding carboxylic acids is 2. The van der Waals surface area contributed by atoms with E-state index >= 15 is 0 Å². The summed E-state index contributed by atoms with van der Waals surface area (Å²) in [5.41, 5.74) is 1.05. The van der Waals surface area contributed by atoms with Crippen LogP contribution in [0.25, 0.3) is 0 Å². The Balaban J connectivity index is 2.33. The van der Waals surface area contributed by atoms with Gasteiger partial charge in [0.1, 0.15) is 11.9 Å². The number of hydrogen-bond acceptors (Lipinski definition) is 2. The van der Waals surface area contributed by atoms with Gasteiger partial charge in [0.25, 0.3) is 0 Å². The molecule has 0 aromatic heterocycles. The summed E-state index contributed by atoms with van der Waals surface area (Å²) in [6.07, 6.45) is 1.11. The Kier molecular flexibility index (Phi) is 8.65. The van der Waals surface area contributed by atoms with E-state index < -0.39 is 11.9 Å². The third kappa shape index (κ3) is 6.29. The molecule has 4 nitrogen and oxygen atoms in total. The Bertz CT molecular complexity index is 843. The van der Waals surface area contributed by atoms with Gasteiger partial charge in [0.2, 0.25) is 11.8 Å². The smallest absolute Gasteiger partial charge is 0.243 e. The van der Waals surface area contributed by atoms with E-state index in [-0.39, 0.29) is 30.8 Å². The second-order valence-electron chi connectivity index (χ2n) is 7.12. The molecule has 2 atom stereocenters. The molecule has 2 aromatic carbocycles. The van der Waals surface area contributed by atoms with Crippen LogP contribution in [0.4, 0.5) is 4.39 Å². The third-order valence-electron chi connectivity index (χ3n) is 4.98. The summed E-state index contributed by atoms with van der Waals surface area (Å²) in [6, 6.07) is 12.7. The zero-order chi connectivity index (χ0) is 21.4. The average Bonchev–Trinajstić information content (AvgIpc) is 2.70. The molecule has 1 N–H and O–H groups in total. The largest absolute Gasteiger partial charge is 0.352 e. The fraction of sp³-hybridized carbons (Fsp3) is 0.391. The molecule has 0 saturated heterocycles. The van der Waals surface area contributed by atoms with E-state index in [9.17, 15) is 14.0 Å². The topological polar surface area (TPSA) is 49.4 Å². The van der Waals surface area contributed by atoms with Gasteiger partial charge in [-0.3, -0.25) is 9.59 Å². The van der Waals surface area contributed by atoms with Gasteiger partial charge in [0.05, 0.1) is 6.42 Å². The van der Waals surface area contributed by atoms with Gasteiger partial charge in [-0.15, -0.1) is 0 Å². The first-order valence-corrected chi connectivity index (χ1v) is 10.3. The van der Waals surface area contributed by atoms with Crippen molar-refractivity contribution in [3.8, 4) is 0 Å². The van der Waals surface area contributed by atoms with Crippen molar-refractivity contribution in [1.82, 2.24) is 10.2 Å². The van der Waals surface area contributed by atoms with E-state index in [2.05, 4.69) is 5.32 Å². The number of benzene rings is 2. The lowest BCUT2D eigenvalue weighted by Gasteiger charge is -2.32. The second kappa shape index (κ2) is 11.0. The van der Waals surface area contributed by atoms with Gasteiger partial charge < -0.3 is 10.2 Å². The fourth-order valence-corrected chi connectivity index (χ4v) is 3.27. The van der Waals surface area contributed by atoms with Crippen molar-refractivity contribution in [3.05, 3.63) is 70.5 Å². The Hall–Kier alpha value is -2.40. The molecule has 0 heterocycles. The lowest BCUT2D eigenvalue weighted by molar-refractivity contribution is -0.141. The zero-order valence-corrected chi connectivity index (χ0v) is 17.9. The normalized spacial score (nSPS) is 12.9. The van der Waals surface area contributed by atoms with Gasteiger partial charge in [-0.2, -0.15) is 0 Å². The van der Waals surface area contributed by atoms with Crippen LogP contribution in [0.15, 0.2) is 48.5 Å². The van der Waals surface area contributed by atoms with Gasteiger partial charge in [-0.25, -0.2) is 4.39 Å². The van der Waals surface area contributed by atoms with Gasteiger partial charge in [0.15, 0.2) is 0 Å². The highest BCUT2D eigenvalue weighted by Gasteiger charge is 2.30. The van der Waals surface area contributed by atoms with Gasteiger partial charge >= 0.3 is 0 Å². The van der Waals surface area contributed by atoms with Crippen molar-refractivity contribution < 1.29 is 14.0 Å². The van der Waals surface area contributed by atoms with Crippen molar-refractivity contribution in [2.75, 3.05) is 0 Å². The number of carbonyl (C=O) groups is 2. The summed E-state index contributed by atoms with van der Waals surface area (Å²) < 4.78 is 14.1. The van der Waals surface area contributed by atoms with Crippen LogP contribution in [0.3, 0.4) is 0 Å². The molecular weight excluding hydrogens is 391 g/mol. The molecule has 6 heteroatoms. The number of halogens is 2. The SMILES string of the molecule is CC[C@@H](C)NC(=O)[C@@H](CC)N(Cc1ccccc1Cl)C(=O)Cc1ccccc1F. The number of nitrogens with zero attached hydrogens (tertiary/aromatic N) is 1. The predicted octanol–water partition coefficient (Wildman–Crippen LogP) is 4.74. The van der Waals surface area contributed by atoms with Crippen molar-refractivity contribution in [2.45, 2.75) is 58.7 Å². The van der Waals surface area contributed by atoms with E-state index in [1.54, 1.807) is 24.3 Å². The molecule has 0 saturated carbocycles. The molecule has 0 fully saturated rings. The van der Waals surface area contributed by atoms with Gasteiger partial charge in [0, 0.05) is 17.6 Å². The molecule has 0 aliphatic heterocycles. The Morgan fingerprint density at radius 1 is 1.03 bits per heavy atom. The van der Waals surface area contributed by atoms with Crippen LogP contribution in [0.1, 0.15) is 44.7 Å². The molecule has 29 heavy (non-hydrogen) atoms. The molecule has 0 bridgehead atoms. The molecule has 2 aromatic rings. The van der Waals surface area contributed by atoms with Crippen molar-refractivity contribution in [2.24, 2.45) is 0 Å². The maximum Gasteiger partial charge on any atom is 0.243 e. The lowest BCUT2D eigenvalue weighted by atomic mass is 10.1. The molecule has 0 aliphatic carbocycles. The highest BCUT2D eigenvalue weighted by atomic mass is 35.5. The predicted molar refractivity (Wildman–Crippen MR) is 114 cm³/mol. The van der Waals surface area contributed by atoms with E-state index in [0.29, 0.717) is 17.0 Å². The van der Waals surface area contributed by atoms with Crippen molar-refractivity contribution >= 4 is 23.4 Å². The molecule has 2 amide bonds. The van der Waals surface area contributed by atoms with Crippen LogP contribution in [0, 0.1) is 5.82 Å². The third-order valence-corrected chi connectivity index (χ3v) is 5.35. The van der Waals surface area contributed by atoms with Crippen LogP contribution >= 0.6 is 11.6 Å². The fourth-order valence-electron chi connectivity index (χ4n) is 3.08. The molecule has 0 radical (unpaired) electrons. The summed E-state index contributed by atoms with van der Waals surface area (Å²) in [5.74, 6) is -0.965. The minimum atomic E-state index is -0.667.